The zero-order valence-corrected chi connectivity index (χ0v) is 14.5. The van der Waals surface area contributed by atoms with Gasteiger partial charge in [0.15, 0.2) is 0 Å². The predicted octanol–water partition coefficient (Wildman–Crippen LogP) is 5.76. The molecule has 0 saturated heterocycles. The van der Waals surface area contributed by atoms with Crippen molar-refractivity contribution in [2.75, 3.05) is 6.54 Å². The van der Waals surface area contributed by atoms with Gasteiger partial charge in [-0.3, -0.25) is 0 Å². The summed E-state index contributed by atoms with van der Waals surface area (Å²) in [5.41, 5.74) is 3.38. The van der Waals surface area contributed by atoms with Gasteiger partial charge in [-0.25, -0.2) is 0 Å². The summed E-state index contributed by atoms with van der Waals surface area (Å²) in [6, 6.07) is 11.9. The molecule has 20 heavy (non-hydrogen) atoms. The van der Waals surface area contributed by atoms with Gasteiger partial charge < -0.3 is 5.32 Å². The van der Waals surface area contributed by atoms with Crippen molar-refractivity contribution >= 4 is 39.1 Å². The van der Waals surface area contributed by atoms with Crippen molar-refractivity contribution in [2.24, 2.45) is 0 Å². The van der Waals surface area contributed by atoms with E-state index in [1.54, 1.807) is 0 Å². The molecule has 0 spiro atoms. The predicted molar refractivity (Wildman–Crippen MR) is 90.9 cm³/mol. The van der Waals surface area contributed by atoms with Gasteiger partial charge in [0.2, 0.25) is 0 Å². The summed E-state index contributed by atoms with van der Waals surface area (Å²) in [7, 11) is 0. The van der Waals surface area contributed by atoms with E-state index < -0.39 is 0 Å². The van der Waals surface area contributed by atoms with Gasteiger partial charge in [0.05, 0.1) is 6.04 Å². The summed E-state index contributed by atoms with van der Waals surface area (Å²) in [6.45, 7) is 5.01. The van der Waals surface area contributed by atoms with Crippen molar-refractivity contribution in [3.05, 3.63) is 67.6 Å². The molecule has 106 valence electrons. The zero-order chi connectivity index (χ0) is 14.7. The highest BCUT2D eigenvalue weighted by Gasteiger charge is 2.17. The maximum Gasteiger partial charge on any atom is 0.0592 e. The van der Waals surface area contributed by atoms with Crippen molar-refractivity contribution < 1.29 is 0 Å². The van der Waals surface area contributed by atoms with Crippen molar-refractivity contribution in [2.45, 2.75) is 19.9 Å². The molecule has 1 nitrogen and oxygen atoms in total. The molecule has 2 aromatic rings. The first-order chi connectivity index (χ1) is 9.52. The molecule has 1 N–H and O–H groups in total. The van der Waals surface area contributed by atoms with E-state index in [-0.39, 0.29) is 6.04 Å². The summed E-state index contributed by atoms with van der Waals surface area (Å²) in [6.07, 6.45) is 0. The summed E-state index contributed by atoms with van der Waals surface area (Å²) >= 11 is 16.0. The lowest BCUT2D eigenvalue weighted by Gasteiger charge is -2.21. The summed E-state index contributed by atoms with van der Waals surface area (Å²) in [5.74, 6) is 0. The quantitative estimate of drug-likeness (QED) is 0.718. The van der Waals surface area contributed by atoms with Crippen LogP contribution in [-0.4, -0.2) is 6.54 Å². The fraction of sp³-hybridized carbons (Fsp3) is 0.250. The van der Waals surface area contributed by atoms with Gasteiger partial charge in [-0.05, 0) is 54.4 Å². The van der Waals surface area contributed by atoms with Crippen molar-refractivity contribution in [3.8, 4) is 0 Å². The molecule has 1 unspecified atom stereocenters. The van der Waals surface area contributed by atoms with Crippen LogP contribution in [0, 0.1) is 6.92 Å². The highest BCUT2D eigenvalue weighted by atomic mass is 79.9. The molecule has 2 rings (SSSR count). The van der Waals surface area contributed by atoms with E-state index in [9.17, 15) is 0 Å². The standard InChI is InChI=1S/C16H16BrCl2N/c1-3-20-16(11-4-6-14(17)10(2)8-11)13-9-12(18)5-7-15(13)19/h4-9,16,20H,3H2,1-2H3. The Morgan fingerprint density at radius 1 is 1.15 bits per heavy atom. The maximum absolute atomic E-state index is 6.34. The summed E-state index contributed by atoms with van der Waals surface area (Å²) < 4.78 is 1.11. The van der Waals surface area contributed by atoms with Crippen LogP contribution in [0.2, 0.25) is 10.0 Å². The largest absolute Gasteiger partial charge is 0.306 e. The number of nitrogens with one attached hydrogen (secondary N) is 1. The summed E-state index contributed by atoms with van der Waals surface area (Å²) in [5, 5.41) is 4.89. The molecule has 0 fully saturated rings. The fourth-order valence-corrected chi connectivity index (χ4v) is 2.85. The van der Waals surface area contributed by atoms with Crippen LogP contribution in [0.1, 0.15) is 29.7 Å². The molecular weight excluding hydrogens is 357 g/mol. The average Bonchev–Trinajstić information content (AvgIpc) is 2.42. The minimum Gasteiger partial charge on any atom is -0.306 e. The van der Waals surface area contributed by atoms with Crippen molar-refractivity contribution in [3.63, 3.8) is 0 Å². The van der Waals surface area contributed by atoms with E-state index in [0.717, 1.165) is 21.6 Å². The van der Waals surface area contributed by atoms with Gasteiger partial charge in [-0.2, -0.15) is 0 Å². The van der Waals surface area contributed by atoms with E-state index in [1.807, 2.05) is 18.2 Å². The zero-order valence-electron chi connectivity index (χ0n) is 11.4. The third-order valence-electron chi connectivity index (χ3n) is 3.19. The number of hydrogen-bond donors (Lipinski definition) is 1. The first kappa shape index (κ1) is 15.8. The van der Waals surface area contributed by atoms with E-state index >= 15 is 0 Å². The Labute approximate surface area is 138 Å². The molecular formula is C16H16BrCl2N. The number of benzene rings is 2. The smallest absolute Gasteiger partial charge is 0.0592 e. The first-order valence-electron chi connectivity index (χ1n) is 6.47. The second-order valence-corrected chi connectivity index (χ2v) is 6.36. The van der Waals surface area contributed by atoms with Gasteiger partial charge in [-0.15, -0.1) is 0 Å². The Morgan fingerprint density at radius 3 is 2.55 bits per heavy atom. The Bertz CT molecular complexity index is 613. The molecule has 0 aromatic heterocycles. The molecule has 1 atom stereocenters. The SMILES string of the molecule is CCNC(c1ccc(Br)c(C)c1)c1cc(Cl)ccc1Cl. The van der Waals surface area contributed by atoms with Gasteiger partial charge in [0.25, 0.3) is 0 Å². The van der Waals surface area contributed by atoms with Gasteiger partial charge in [0.1, 0.15) is 0 Å². The maximum atomic E-state index is 6.34. The second-order valence-electron chi connectivity index (χ2n) is 4.67. The molecule has 0 amide bonds. The minimum absolute atomic E-state index is 0.0398. The van der Waals surface area contributed by atoms with Crippen molar-refractivity contribution in [1.82, 2.24) is 5.32 Å². The molecule has 0 heterocycles. The van der Waals surface area contributed by atoms with E-state index in [1.165, 1.54) is 11.1 Å². The number of rotatable bonds is 4. The van der Waals surface area contributed by atoms with Crippen LogP contribution in [0.4, 0.5) is 0 Å². The van der Waals surface area contributed by atoms with Gasteiger partial charge >= 0.3 is 0 Å². The minimum atomic E-state index is 0.0398. The molecule has 0 radical (unpaired) electrons. The lowest BCUT2D eigenvalue weighted by Crippen LogP contribution is -2.22. The number of hydrogen-bond acceptors (Lipinski definition) is 1. The topological polar surface area (TPSA) is 12.0 Å². The normalized spacial score (nSPS) is 12.4. The monoisotopic (exact) mass is 371 g/mol. The Kier molecular flexibility index (Phi) is 5.50. The molecule has 0 aliphatic rings. The third-order valence-corrected chi connectivity index (χ3v) is 4.66. The molecule has 0 bridgehead atoms. The van der Waals surface area contributed by atoms with E-state index in [0.29, 0.717) is 5.02 Å². The van der Waals surface area contributed by atoms with Crippen molar-refractivity contribution in [1.29, 1.82) is 0 Å². The first-order valence-corrected chi connectivity index (χ1v) is 8.02. The lowest BCUT2D eigenvalue weighted by molar-refractivity contribution is 0.630. The summed E-state index contributed by atoms with van der Waals surface area (Å²) in [4.78, 5) is 0. The third kappa shape index (κ3) is 3.56. The van der Waals surface area contributed by atoms with Crippen LogP contribution in [0.5, 0.6) is 0 Å². The molecule has 0 aliphatic carbocycles. The number of aryl methyl sites for hydroxylation is 1. The van der Waals surface area contributed by atoms with Gasteiger partial charge in [0, 0.05) is 14.5 Å². The van der Waals surface area contributed by atoms with Crippen LogP contribution in [0.15, 0.2) is 40.9 Å². The van der Waals surface area contributed by atoms with Crippen LogP contribution in [0.25, 0.3) is 0 Å². The Morgan fingerprint density at radius 2 is 1.90 bits per heavy atom. The van der Waals surface area contributed by atoms with Crippen LogP contribution in [-0.2, 0) is 0 Å². The van der Waals surface area contributed by atoms with Gasteiger partial charge in [-0.1, -0.05) is 58.2 Å². The van der Waals surface area contributed by atoms with Crippen LogP contribution in [0.3, 0.4) is 0 Å². The molecule has 0 aliphatic heterocycles. The second kappa shape index (κ2) is 6.95. The molecule has 2 aromatic carbocycles. The Hall–Kier alpha value is -0.540. The molecule has 4 heteroatoms. The molecule has 0 saturated carbocycles. The van der Waals surface area contributed by atoms with Crippen LogP contribution >= 0.6 is 39.1 Å². The lowest BCUT2D eigenvalue weighted by atomic mass is 9.97. The average molecular weight is 373 g/mol. The van der Waals surface area contributed by atoms with E-state index in [4.69, 9.17) is 23.2 Å². The Balaban J connectivity index is 2.49. The number of halogens is 3. The fourth-order valence-electron chi connectivity index (χ4n) is 2.19. The highest BCUT2D eigenvalue weighted by Crippen LogP contribution is 2.32. The highest BCUT2D eigenvalue weighted by molar-refractivity contribution is 9.10. The van der Waals surface area contributed by atoms with E-state index in [2.05, 4.69) is 53.3 Å². The van der Waals surface area contributed by atoms with Crippen LogP contribution < -0.4 is 5.32 Å².